The van der Waals surface area contributed by atoms with Crippen molar-refractivity contribution in [1.82, 2.24) is 39.0 Å². The Hall–Kier alpha value is -14.9. The first-order valence-corrected chi connectivity index (χ1v) is 37.2. The van der Waals surface area contributed by atoms with Crippen LogP contribution in [-0.4, -0.2) is 39.0 Å². The van der Waals surface area contributed by atoms with Gasteiger partial charge in [0.2, 0.25) is 0 Å². The third-order valence-electron chi connectivity index (χ3n) is 21.6. The van der Waals surface area contributed by atoms with Gasteiger partial charge in [0.15, 0.2) is 34.9 Å². The predicted octanol–water partition coefficient (Wildman–Crippen LogP) is 26.2. The summed E-state index contributed by atoms with van der Waals surface area (Å²) in [6.45, 7) is 0. The second kappa shape index (κ2) is 26.6. The molecule has 22 rings (SSSR count). The van der Waals surface area contributed by atoms with E-state index in [-0.39, 0.29) is 0 Å². The molecule has 0 atom stereocenters. The van der Waals surface area contributed by atoms with Crippen LogP contribution < -0.4 is 0 Å². The molecular weight excluding hydrogens is 1340 g/mol. The lowest BCUT2D eigenvalue weighted by Crippen LogP contribution is -2.00. The summed E-state index contributed by atoms with van der Waals surface area (Å²) < 4.78 is 4.85. The number of rotatable bonds is 10. The summed E-state index contributed by atoms with van der Waals surface area (Å²) in [5, 5.41) is 19.9. The second-order valence-electron chi connectivity index (χ2n) is 28.1. The maximum absolute atomic E-state index is 5.00. The van der Waals surface area contributed by atoms with Gasteiger partial charge in [0.1, 0.15) is 0 Å². The summed E-state index contributed by atoms with van der Waals surface area (Å²) >= 11 is 0. The number of aromatic nitrogens is 8. The van der Waals surface area contributed by atoms with Crippen LogP contribution in [0.1, 0.15) is 0 Å². The van der Waals surface area contributed by atoms with Crippen LogP contribution in [0.5, 0.6) is 0 Å². The molecule has 22 aromatic rings. The highest BCUT2D eigenvalue weighted by molar-refractivity contribution is 6.24. The molecule has 0 N–H and O–H groups in total. The van der Waals surface area contributed by atoms with Crippen LogP contribution in [-0.2, 0) is 0 Å². The van der Waals surface area contributed by atoms with Gasteiger partial charge >= 0.3 is 0 Å². The van der Waals surface area contributed by atoms with Crippen LogP contribution in [0.4, 0.5) is 0 Å². The molecule has 18 aromatic carbocycles. The van der Waals surface area contributed by atoms with Crippen molar-refractivity contribution >= 4 is 108 Å². The fourth-order valence-corrected chi connectivity index (χ4v) is 16.3. The molecule has 0 unspecified atom stereocenters. The predicted molar refractivity (Wildman–Crippen MR) is 457 cm³/mol. The molecule has 0 saturated carbocycles. The van der Waals surface area contributed by atoms with Crippen molar-refractivity contribution in [2.75, 3.05) is 0 Å². The van der Waals surface area contributed by atoms with Gasteiger partial charge in [0, 0.05) is 66.3 Å². The largest absolute Gasteiger partial charge is 0.309 e. The Morgan fingerprint density at radius 2 is 0.418 bits per heavy atom. The first-order chi connectivity index (χ1) is 54.5. The number of fused-ring (bicyclic) bond motifs is 16. The van der Waals surface area contributed by atoms with Gasteiger partial charge in [0.25, 0.3) is 0 Å². The van der Waals surface area contributed by atoms with E-state index in [2.05, 4.69) is 276 Å². The molecule has 0 fully saturated rings. The monoisotopic (exact) mass is 1400 g/mol. The number of hydrogen-bond donors (Lipinski definition) is 0. The van der Waals surface area contributed by atoms with E-state index in [0.29, 0.717) is 34.9 Å². The summed E-state index contributed by atoms with van der Waals surface area (Å²) in [7, 11) is 0. The first kappa shape index (κ1) is 63.6. The van der Waals surface area contributed by atoms with E-state index in [0.717, 1.165) is 67.0 Å². The van der Waals surface area contributed by atoms with E-state index >= 15 is 0 Å². The van der Waals surface area contributed by atoms with Gasteiger partial charge in [-0.25, -0.2) is 29.9 Å². The Morgan fingerprint density at radius 1 is 0.145 bits per heavy atom. The smallest absolute Gasteiger partial charge is 0.164 e. The maximum atomic E-state index is 5.00. The molecule has 0 aliphatic carbocycles. The first-order valence-electron chi connectivity index (χ1n) is 37.2. The van der Waals surface area contributed by atoms with Crippen LogP contribution >= 0.6 is 0 Å². The zero-order valence-corrected chi connectivity index (χ0v) is 59.5. The molecule has 8 nitrogen and oxygen atoms in total. The molecule has 0 amide bonds. The third-order valence-corrected chi connectivity index (χ3v) is 21.6. The minimum atomic E-state index is 0.643. The highest BCUT2D eigenvalue weighted by atomic mass is 15.0. The standard InChI is InChI=1S/2C51H32N4/c1-3-13-36(14-4-1)49-52-50(37-15-5-2-6-16-37)54-51(53-49)40-18-11-17-38(30-40)39-25-24-35-27-29-47-48(45(35)31-39)43-20-9-10-21-46(43)55(47)41-28-26-34-23-22-33-12-7-8-19-42(33)44(34)32-41;1-3-12-37(13-4-1)49-52-50(38-14-5-2-6-15-38)54-51(53-49)39-24-19-33(20-25-39)40-26-23-36-28-30-47-48(45(36)31-40)43-17-9-10-18-46(43)55(47)41-29-27-35-22-21-34-11-7-8-16-42(34)44(35)32-41/h2*1-32H. The van der Waals surface area contributed by atoms with E-state index in [1.807, 2.05) is 121 Å². The number of nitrogens with zero attached hydrogens (tertiary/aromatic N) is 8. The van der Waals surface area contributed by atoms with Crippen molar-refractivity contribution < 1.29 is 0 Å². The molecule has 0 aliphatic rings. The summed E-state index contributed by atoms with van der Waals surface area (Å²) in [6.07, 6.45) is 0. The lowest BCUT2D eigenvalue weighted by Gasteiger charge is -2.12. The fourth-order valence-electron chi connectivity index (χ4n) is 16.3. The minimum Gasteiger partial charge on any atom is -0.309 e. The van der Waals surface area contributed by atoms with Crippen molar-refractivity contribution in [1.29, 1.82) is 0 Å². The van der Waals surface area contributed by atoms with E-state index in [9.17, 15) is 0 Å². The van der Waals surface area contributed by atoms with Gasteiger partial charge in [-0.1, -0.05) is 322 Å². The average Bonchev–Trinajstić information content (AvgIpc) is 1.57. The van der Waals surface area contributed by atoms with Crippen molar-refractivity contribution in [3.63, 3.8) is 0 Å². The highest BCUT2D eigenvalue weighted by Gasteiger charge is 2.21. The van der Waals surface area contributed by atoms with Crippen LogP contribution in [0.2, 0.25) is 0 Å². The summed E-state index contributed by atoms with van der Waals surface area (Å²) in [6, 6.07) is 138. The lowest BCUT2D eigenvalue weighted by molar-refractivity contribution is 1.07. The Bertz CT molecular complexity index is 7260. The molecule has 0 radical (unpaired) electrons. The Morgan fingerprint density at radius 3 is 0.845 bits per heavy atom. The van der Waals surface area contributed by atoms with E-state index in [4.69, 9.17) is 29.9 Å². The summed E-state index contributed by atoms with van der Waals surface area (Å²) in [4.78, 5) is 29.6. The molecule has 8 heteroatoms. The van der Waals surface area contributed by atoms with Crippen molar-refractivity contribution in [2.45, 2.75) is 0 Å². The zero-order chi connectivity index (χ0) is 72.6. The fraction of sp³-hybridized carbons (Fsp3) is 0. The van der Waals surface area contributed by atoms with Crippen LogP contribution in [0.3, 0.4) is 0 Å². The third kappa shape index (κ3) is 11.2. The summed E-state index contributed by atoms with van der Waals surface area (Å²) in [5.41, 5.74) is 17.3. The second-order valence-corrected chi connectivity index (χ2v) is 28.1. The molecule has 0 aliphatic heterocycles. The molecule has 0 spiro atoms. The number of hydrogen-bond acceptors (Lipinski definition) is 6. The number of benzene rings is 18. The highest BCUT2D eigenvalue weighted by Crippen LogP contribution is 2.43. The molecule has 512 valence electrons. The maximum Gasteiger partial charge on any atom is 0.164 e. The molecule has 4 aromatic heterocycles. The van der Waals surface area contributed by atoms with E-state index in [1.54, 1.807) is 0 Å². The van der Waals surface area contributed by atoms with E-state index < -0.39 is 0 Å². The Labute approximate surface area is 633 Å². The molecule has 0 bridgehead atoms. The zero-order valence-electron chi connectivity index (χ0n) is 59.5. The quantitative estimate of drug-likeness (QED) is 0.127. The molecule has 4 heterocycles. The van der Waals surface area contributed by atoms with Crippen molar-refractivity contribution in [2.24, 2.45) is 0 Å². The van der Waals surface area contributed by atoms with Crippen LogP contribution in [0, 0.1) is 0 Å². The molecular formula is C102H64N8. The molecule has 0 saturated heterocycles. The van der Waals surface area contributed by atoms with Gasteiger partial charge in [-0.3, -0.25) is 0 Å². The van der Waals surface area contributed by atoms with Gasteiger partial charge in [0.05, 0.1) is 22.1 Å². The average molecular weight is 1400 g/mol. The van der Waals surface area contributed by atoms with Crippen molar-refractivity contribution in [3.05, 3.63) is 388 Å². The Kier molecular flexibility index (Phi) is 15.4. The van der Waals surface area contributed by atoms with Gasteiger partial charge < -0.3 is 9.13 Å². The van der Waals surface area contributed by atoms with Gasteiger partial charge in [-0.2, -0.15) is 0 Å². The Balaban J connectivity index is 0.000000140. The minimum absolute atomic E-state index is 0.643. The van der Waals surface area contributed by atoms with Crippen molar-refractivity contribution in [3.8, 4) is 102 Å². The topological polar surface area (TPSA) is 87.2 Å². The molecule has 110 heavy (non-hydrogen) atoms. The lowest BCUT2D eigenvalue weighted by atomic mass is 9.97. The number of para-hydroxylation sites is 2. The normalized spacial score (nSPS) is 11.6. The summed E-state index contributed by atoms with van der Waals surface area (Å²) in [5.74, 6) is 3.90. The SMILES string of the molecule is c1ccc(-c2nc(-c3ccccc3)nc(-c3ccc(-c4ccc5ccc6c(c5c4)c4ccccc4n6-c4ccc5ccc6ccccc6c5c4)cc3)n2)cc1.c1ccc(-c2nc(-c3ccccc3)nc(-c3cccc(-c4ccc5ccc6c(c5c4)c4ccccc4n6-c4ccc5ccc6ccccc6c5c4)c3)n2)cc1. The van der Waals surface area contributed by atoms with E-state index in [1.165, 1.54) is 108 Å². The van der Waals surface area contributed by atoms with Gasteiger partial charge in [-0.05, 0) is 154 Å². The van der Waals surface area contributed by atoms with Crippen LogP contribution in [0.15, 0.2) is 388 Å². The van der Waals surface area contributed by atoms with Gasteiger partial charge in [-0.15, -0.1) is 0 Å². The van der Waals surface area contributed by atoms with Crippen LogP contribution in [0.25, 0.3) is 210 Å².